The molecule has 2 aromatic heterocycles. The summed E-state index contributed by atoms with van der Waals surface area (Å²) in [6.07, 6.45) is 1.65. The number of imidazole rings is 1. The summed E-state index contributed by atoms with van der Waals surface area (Å²) in [5, 5.41) is 3.36. The SMILES string of the molecule is CC(C)c1nc(NCc2ccccc2)c2[nH]cnc2n1. The second-order valence-corrected chi connectivity index (χ2v) is 5.03. The summed E-state index contributed by atoms with van der Waals surface area (Å²) in [6.45, 7) is 4.88. The van der Waals surface area contributed by atoms with Gasteiger partial charge in [0.2, 0.25) is 0 Å². The second-order valence-electron chi connectivity index (χ2n) is 5.03. The highest BCUT2D eigenvalue weighted by atomic mass is 15.1. The molecule has 2 N–H and O–H groups in total. The molecule has 0 spiro atoms. The lowest BCUT2D eigenvalue weighted by Gasteiger charge is -2.10. The van der Waals surface area contributed by atoms with Gasteiger partial charge in [0.15, 0.2) is 11.5 Å². The summed E-state index contributed by atoms with van der Waals surface area (Å²) in [7, 11) is 0. The quantitative estimate of drug-likeness (QED) is 0.762. The third kappa shape index (κ3) is 2.47. The van der Waals surface area contributed by atoms with E-state index in [-0.39, 0.29) is 5.92 Å². The van der Waals surface area contributed by atoms with Crippen LogP contribution in [0.1, 0.15) is 31.2 Å². The van der Waals surface area contributed by atoms with Crippen LogP contribution in [0.4, 0.5) is 5.82 Å². The van der Waals surface area contributed by atoms with E-state index in [1.807, 2.05) is 18.2 Å². The van der Waals surface area contributed by atoms with Crippen LogP contribution < -0.4 is 5.32 Å². The van der Waals surface area contributed by atoms with Crippen LogP contribution in [0.5, 0.6) is 0 Å². The molecule has 0 bridgehead atoms. The molecule has 2 heterocycles. The molecular weight excluding hydrogens is 250 g/mol. The van der Waals surface area contributed by atoms with Crippen LogP contribution in [-0.2, 0) is 6.54 Å². The highest BCUT2D eigenvalue weighted by Gasteiger charge is 2.11. The predicted molar refractivity (Wildman–Crippen MR) is 79.5 cm³/mol. The van der Waals surface area contributed by atoms with Gasteiger partial charge < -0.3 is 10.3 Å². The Balaban J connectivity index is 1.91. The van der Waals surface area contributed by atoms with E-state index in [0.717, 1.165) is 23.7 Å². The number of H-pyrrole nitrogens is 1. The molecule has 0 aliphatic rings. The summed E-state index contributed by atoms with van der Waals surface area (Å²) >= 11 is 0. The third-order valence-corrected chi connectivity index (χ3v) is 3.12. The molecule has 0 atom stereocenters. The summed E-state index contributed by atoms with van der Waals surface area (Å²) in [5.74, 6) is 1.88. The molecule has 0 aliphatic carbocycles. The van der Waals surface area contributed by atoms with E-state index < -0.39 is 0 Å². The minimum Gasteiger partial charge on any atom is -0.364 e. The lowest BCUT2D eigenvalue weighted by Crippen LogP contribution is -2.06. The Labute approximate surface area is 117 Å². The number of hydrogen-bond donors (Lipinski definition) is 2. The zero-order valence-corrected chi connectivity index (χ0v) is 11.6. The van der Waals surface area contributed by atoms with Crippen LogP contribution in [-0.4, -0.2) is 19.9 Å². The molecule has 5 nitrogen and oxygen atoms in total. The fraction of sp³-hybridized carbons (Fsp3) is 0.267. The van der Waals surface area contributed by atoms with Crippen molar-refractivity contribution in [1.82, 2.24) is 19.9 Å². The number of anilines is 1. The Morgan fingerprint density at radius 1 is 1.15 bits per heavy atom. The van der Waals surface area contributed by atoms with Crippen molar-refractivity contribution < 1.29 is 0 Å². The average Bonchev–Trinajstić information content (AvgIpc) is 2.94. The van der Waals surface area contributed by atoms with Crippen LogP contribution in [0.25, 0.3) is 11.2 Å². The fourth-order valence-electron chi connectivity index (χ4n) is 2.02. The standard InChI is InChI=1S/C15H17N5/c1-10(2)13-19-14(12-15(20-13)18-9-17-12)16-8-11-6-4-3-5-7-11/h3-7,9-10H,8H2,1-2H3,(H2,16,17,18,19,20). The number of nitrogens with one attached hydrogen (secondary N) is 2. The number of fused-ring (bicyclic) bond motifs is 1. The zero-order valence-electron chi connectivity index (χ0n) is 11.6. The predicted octanol–water partition coefficient (Wildman–Crippen LogP) is 3.09. The molecule has 0 saturated carbocycles. The largest absolute Gasteiger partial charge is 0.364 e. The van der Waals surface area contributed by atoms with E-state index in [1.54, 1.807) is 6.33 Å². The van der Waals surface area contributed by atoms with E-state index in [0.29, 0.717) is 5.65 Å². The highest BCUT2D eigenvalue weighted by Crippen LogP contribution is 2.20. The van der Waals surface area contributed by atoms with Crippen molar-refractivity contribution in [1.29, 1.82) is 0 Å². The van der Waals surface area contributed by atoms with Crippen molar-refractivity contribution in [3.63, 3.8) is 0 Å². The highest BCUT2D eigenvalue weighted by molar-refractivity contribution is 5.82. The smallest absolute Gasteiger partial charge is 0.183 e. The van der Waals surface area contributed by atoms with Crippen molar-refractivity contribution in [2.24, 2.45) is 0 Å². The fourth-order valence-corrected chi connectivity index (χ4v) is 2.02. The van der Waals surface area contributed by atoms with E-state index in [1.165, 1.54) is 5.56 Å². The summed E-state index contributed by atoms with van der Waals surface area (Å²) in [4.78, 5) is 16.4. The van der Waals surface area contributed by atoms with Gasteiger partial charge in [0.05, 0.1) is 6.33 Å². The van der Waals surface area contributed by atoms with Gasteiger partial charge in [-0.2, -0.15) is 0 Å². The zero-order chi connectivity index (χ0) is 13.9. The summed E-state index contributed by atoms with van der Waals surface area (Å²) < 4.78 is 0. The second kappa shape index (κ2) is 5.28. The van der Waals surface area contributed by atoms with Crippen LogP contribution in [0.3, 0.4) is 0 Å². The Morgan fingerprint density at radius 2 is 1.95 bits per heavy atom. The topological polar surface area (TPSA) is 66.5 Å². The minimum absolute atomic E-state index is 0.272. The first-order chi connectivity index (χ1) is 9.74. The minimum atomic E-state index is 0.272. The average molecular weight is 267 g/mol. The van der Waals surface area contributed by atoms with Gasteiger partial charge in [-0.05, 0) is 5.56 Å². The maximum Gasteiger partial charge on any atom is 0.183 e. The molecule has 3 aromatic rings. The molecule has 1 aromatic carbocycles. The molecule has 0 amide bonds. The van der Waals surface area contributed by atoms with Crippen LogP contribution in [0, 0.1) is 0 Å². The maximum atomic E-state index is 4.59. The van der Waals surface area contributed by atoms with Gasteiger partial charge in [-0.3, -0.25) is 0 Å². The van der Waals surface area contributed by atoms with Crippen LogP contribution >= 0.6 is 0 Å². The first-order valence-corrected chi connectivity index (χ1v) is 6.73. The maximum absolute atomic E-state index is 4.59. The first-order valence-electron chi connectivity index (χ1n) is 6.73. The van der Waals surface area contributed by atoms with Crippen molar-refractivity contribution in [2.45, 2.75) is 26.3 Å². The molecule has 102 valence electrons. The Hall–Kier alpha value is -2.43. The third-order valence-electron chi connectivity index (χ3n) is 3.12. The lowest BCUT2D eigenvalue weighted by atomic mass is 10.2. The van der Waals surface area contributed by atoms with Gasteiger partial charge in [-0.25, -0.2) is 15.0 Å². The first kappa shape index (κ1) is 12.6. The van der Waals surface area contributed by atoms with E-state index in [9.17, 15) is 0 Å². The van der Waals surface area contributed by atoms with E-state index >= 15 is 0 Å². The summed E-state index contributed by atoms with van der Waals surface area (Å²) in [5.41, 5.74) is 2.77. The van der Waals surface area contributed by atoms with Gasteiger partial charge in [-0.1, -0.05) is 44.2 Å². The van der Waals surface area contributed by atoms with Gasteiger partial charge >= 0.3 is 0 Å². The molecule has 20 heavy (non-hydrogen) atoms. The van der Waals surface area contributed by atoms with Crippen molar-refractivity contribution in [2.75, 3.05) is 5.32 Å². The molecule has 0 aliphatic heterocycles. The molecule has 5 heteroatoms. The van der Waals surface area contributed by atoms with Gasteiger partial charge in [0.25, 0.3) is 0 Å². The van der Waals surface area contributed by atoms with Gasteiger partial charge in [-0.15, -0.1) is 0 Å². The number of benzene rings is 1. The number of hydrogen-bond acceptors (Lipinski definition) is 4. The lowest BCUT2D eigenvalue weighted by molar-refractivity contribution is 0.781. The van der Waals surface area contributed by atoms with Crippen molar-refractivity contribution in [3.05, 3.63) is 48.0 Å². The van der Waals surface area contributed by atoms with Crippen molar-refractivity contribution >= 4 is 17.0 Å². The molecule has 0 radical (unpaired) electrons. The van der Waals surface area contributed by atoms with Crippen LogP contribution in [0.2, 0.25) is 0 Å². The molecule has 0 saturated heterocycles. The number of aromatic nitrogens is 4. The number of aromatic amines is 1. The van der Waals surface area contributed by atoms with Gasteiger partial charge in [0, 0.05) is 12.5 Å². The normalized spacial score (nSPS) is 11.2. The van der Waals surface area contributed by atoms with Crippen molar-refractivity contribution in [3.8, 4) is 0 Å². The molecule has 0 unspecified atom stereocenters. The van der Waals surface area contributed by atoms with Crippen LogP contribution in [0.15, 0.2) is 36.7 Å². The van der Waals surface area contributed by atoms with E-state index in [4.69, 9.17) is 0 Å². The Morgan fingerprint density at radius 3 is 2.70 bits per heavy atom. The number of rotatable bonds is 4. The molecular formula is C15H17N5. The Bertz CT molecular complexity index is 703. The van der Waals surface area contributed by atoms with Gasteiger partial charge in [0.1, 0.15) is 11.3 Å². The van der Waals surface area contributed by atoms with E-state index in [2.05, 4.69) is 51.2 Å². The monoisotopic (exact) mass is 267 g/mol. The number of nitrogens with zero attached hydrogens (tertiary/aromatic N) is 3. The summed E-state index contributed by atoms with van der Waals surface area (Å²) in [6, 6.07) is 10.2. The molecule has 3 rings (SSSR count). The Kier molecular flexibility index (Phi) is 3.33. The molecule has 0 fully saturated rings.